The zero-order valence-corrected chi connectivity index (χ0v) is 10.7. The van der Waals surface area contributed by atoms with Crippen molar-refractivity contribution in [1.82, 2.24) is 10.3 Å². The van der Waals surface area contributed by atoms with Crippen LogP contribution in [0, 0.1) is 0 Å². The van der Waals surface area contributed by atoms with E-state index in [-0.39, 0.29) is 0 Å². The maximum absolute atomic E-state index is 12.8. The van der Waals surface area contributed by atoms with Crippen molar-refractivity contribution in [2.24, 2.45) is 0 Å². The Morgan fingerprint density at radius 3 is 2.80 bits per heavy atom. The van der Waals surface area contributed by atoms with Crippen molar-refractivity contribution in [1.29, 1.82) is 0 Å². The van der Waals surface area contributed by atoms with Gasteiger partial charge in [-0.2, -0.15) is 13.2 Å². The van der Waals surface area contributed by atoms with Crippen LogP contribution in [0.5, 0.6) is 0 Å². The second-order valence-corrected chi connectivity index (χ2v) is 4.80. The van der Waals surface area contributed by atoms with Crippen molar-refractivity contribution in [3.63, 3.8) is 0 Å². The molecule has 2 nitrogen and oxygen atoms in total. The third-order valence-electron chi connectivity index (χ3n) is 3.50. The van der Waals surface area contributed by atoms with Crippen LogP contribution in [0.2, 0.25) is 0 Å². The molecule has 0 atom stereocenters. The van der Waals surface area contributed by atoms with Gasteiger partial charge in [0.15, 0.2) is 0 Å². The normalized spacial score (nSPS) is 14.9. The Balaban J connectivity index is 2.10. The van der Waals surface area contributed by atoms with Gasteiger partial charge in [0.05, 0.1) is 11.3 Å². The number of rotatable bonds is 1. The molecule has 20 heavy (non-hydrogen) atoms. The van der Waals surface area contributed by atoms with Crippen LogP contribution in [-0.4, -0.2) is 11.5 Å². The zero-order valence-electron chi connectivity index (χ0n) is 10.7. The van der Waals surface area contributed by atoms with E-state index in [9.17, 15) is 13.2 Å². The quantitative estimate of drug-likeness (QED) is 0.864. The van der Waals surface area contributed by atoms with E-state index in [0.717, 1.165) is 48.3 Å². The SMILES string of the molecule is FC(F)(F)c1ccnc(-c2cccc3c2CCNC3)c1. The summed E-state index contributed by atoms with van der Waals surface area (Å²) in [5.41, 5.74) is 2.76. The third kappa shape index (κ3) is 2.41. The van der Waals surface area contributed by atoms with Gasteiger partial charge in [-0.05, 0) is 36.2 Å². The molecule has 1 aromatic heterocycles. The van der Waals surface area contributed by atoms with Gasteiger partial charge in [-0.15, -0.1) is 0 Å². The highest BCUT2D eigenvalue weighted by Crippen LogP contribution is 2.33. The van der Waals surface area contributed by atoms with Gasteiger partial charge in [-0.25, -0.2) is 0 Å². The minimum atomic E-state index is -4.34. The van der Waals surface area contributed by atoms with E-state index in [4.69, 9.17) is 0 Å². The monoisotopic (exact) mass is 278 g/mol. The molecule has 1 aromatic carbocycles. The molecule has 0 saturated heterocycles. The van der Waals surface area contributed by atoms with E-state index in [0.29, 0.717) is 5.69 Å². The largest absolute Gasteiger partial charge is 0.416 e. The molecular weight excluding hydrogens is 265 g/mol. The van der Waals surface area contributed by atoms with Crippen molar-refractivity contribution in [3.05, 3.63) is 53.2 Å². The number of fused-ring (bicyclic) bond motifs is 1. The van der Waals surface area contributed by atoms with Crippen LogP contribution >= 0.6 is 0 Å². The molecule has 3 rings (SSSR count). The van der Waals surface area contributed by atoms with Crippen LogP contribution in [0.1, 0.15) is 16.7 Å². The molecule has 2 heterocycles. The average molecular weight is 278 g/mol. The van der Waals surface area contributed by atoms with Crippen LogP contribution in [0.15, 0.2) is 36.5 Å². The van der Waals surface area contributed by atoms with E-state index in [1.807, 2.05) is 18.2 Å². The van der Waals surface area contributed by atoms with Gasteiger partial charge in [0.1, 0.15) is 0 Å². The molecule has 104 valence electrons. The standard InChI is InChI=1S/C15H13F3N2/c16-15(17,18)11-4-7-20-14(8-11)13-3-1-2-10-9-19-6-5-12(10)13/h1-4,7-8,19H,5-6,9H2. The fourth-order valence-corrected chi connectivity index (χ4v) is 2.53. The lowest BCUT2D eigenvalue weighted by Gasteiger charge is -2.20. The minimum Gasteiger partial charge on any atom is -0.312 e. The van der Waals surface area contributed by atoms with Gasteiger partial charge in [-0.1, -0.05) is 18.2 Å². The first-order valence-electron chi connectivity index (χ1n) is 6.41. The summed E-state index contributed by atoms with van der Waals surface area (Å²) in [7, 11) is 0. The van der Waals surface area contributed by atoms with Gasteiger partial charge in [0, 0.05) is 18.3 Å². The van der Waals surface area contributed by atoms with Crippen molar-refractivity contribution in [2.45, 2.75) is 19.1 Å². The number of hydrogen-bond acceptors (Lipinski definition) is 2. The van der Waals surface area contributed by atoms with Crippen LogP contribution in [0.25, 0.3) is 11.3 Å². The van der Waals surface area contributed by atoms with E-state index >= 15 is 0 Å². The smallest absolute Gasteiger partial charge is 0.312 e. The van der Waals surface area contributed by atoms with E-state index in [1.165, 1.54) is 6.20 Å². The zero-order chi connectivity index (χ0) is 14.2. The fraction of sp³-hybridized carbons (Fsp3) is 0.267. The first-order chi connectivity index (χ1) is 9.55. The lowest BCUT2D eigenvalue weighted by atomic mass is 9.93. The Kier molecular flexibility index (Phi) is 3.22. The molecule has 2 aromatic rings. The number of hydrogen-bond donors (Lipinski definition) is 1. The molecule has 5 heteroatoms. The van der Waals surface area contributed by atoms with Crippen LogP contribution < -0.4 is 5.32 Å². The molecule has 0 radical (unpaired) electrons. The highest BCUT2D eigenvalue weighted by molar-refractivity contribution is 5.66. The number of nitrogens with zero attached hydrogens (tertiary/aromatic N) is 1. The maximum atomic E-state index is 12.8. The summed E-state index contributed by atoms with van der Waals surface area (Å²) < 4.78 is 38.4. The summed E-state index contributed by atoms with van der Waals surface area (Å²) in [6, 6.07) is 7.83. The van der Waals surface area contributed by atoms with E-state index in [2.05, 4.69) is 10.3 Å². The van der Waals surface area contributed by atoms with Crippen LogP contribution in [0.4, 0.5) is 13.2 Å². The van der Waals surface area contributed by atoms with Crippen LogP contribution in [0.3, 0.4) is 0 Å². The molecule has 0 amide bonds. The predicted octanol–water partition coefficient (Wildman–Crippen LogP) is 3.41. The minimum absolute atomic E-state index is 0.388. The number of pyridine rings is 1. The topological polar surface area (TPSA) is 24.9 Å². The molecule has 0 unspecified atom stereocenters. The Labute approximate surface area is 114 Å². The Hall–Kier alpha value is -1.88. The molecule has 1 N–H and O–H groups in total. The fourth-order valence-electron chi connectivity index (χ4n) is 2.53. The van der Waals surface area contributed by atoms with Crippen LogP contribution in [-0.2, 0) is 19.1 Å². The van der Waals surface area contributed by atoms with Gasteiger partial charge in [0.25, 0.3) is 0 Å². The molecule has 0 aliphatic carbocycles. The van der Waals surface area contributed by atoms with Gasteiger partial charge in [0.2, 0.25) is 0 Å². The van der Waals surface area contributed by atoms with Gasteiger partial charge >= 0.3 is 6.18 Å². The van der Waals surface area contributed by atoms with E-state index < -0.39 is 11.7 Å². The molecular formula is C15H13F3N2. The summed E-state index contributed by atoms with van der Waals surface area (Å²) in [5, 5.41) is 3.25. The summed E-state index contributed by atoms with van der Waals surface area (Å²) in [4.78, 5) is 4.11. The molecule has 0 fully saturated rings. The summed E-state index contributed by atoms with van der Waals surface area (Å²) in [6.07, 6.45) is -2.31. The summed E-state index contributed by atoms with van der Waals surface area (Å²) in [6.45, 7) is 1.59. The summed E-state index contributed by atoms with van der Waals surface area (Å²) in [5.74, 6) is 0. The number of aromatic nitrogens is 1. The molecule has 1 aliphatic rings. The highest BCUT2D eigenvalue weighted by atomic mass is 19.4. The number of alkyl halides is 3. The number of halogens is 3. The van der Waals surface area contributed by atoms with Crippen molar-refractivity contribution >= 4 is 0 Å². The second-order valence-electron chi connectivity index (χ2n) is 4.80. The molecule has 0 saturated carbocycles. The molecule has 0 bridgehead atoms. The van der Waals surface area contributed by atoms with E-state index in [1.54, 1.807) is 0 Å². The first-order valence-corrected chi connectivity index (χ1v) is 6.41. The highest BCUT2D eigenvalue weighted by Gasteiger charge is 2.31. The maximum Gasteiger partial charge on any atom is 0.416 e. The molecule has 1 aliphatic heterocycles. The Morgan fingerprint density at radius 1 is 1.15 bits per heavy atom. The Bertz CT molecular complexity index is 635. The second kappa shape index (κ2) is 4.90. The van der Waals surface area contributed by atoms with Crippen molar-refractivity contribution in [2.75, 3.05) is 6.54 Å². The van der Waals surface area contributed by atoms with Crippen molar-refractivity contribution < 1.29 is 13.2 Å². The lowest BCUT2D eigenvalue weighted by Crippen LogP contribution is -2.24. The number of nitrogens with one attached hydrogen (secondary N) is 1. The number of benzene rings is 1. The van der Waals surface area contributed by atoms with Gasteiger partial charge < -0.3 is 5.32 Å². The Morgan fingerprint density at radius 2 is 2.00 bits per heavy atom. The van der Waals surface area contributed by atoms with Gasteiger partial charge in [-0.3, -0.25) is 4.98 Å². The first kappa shape index (κ1) is 13.1. The lowest BCUT2D eigenvalue weighted by molar-refractivity contribution is -0.137. The average Bonchev–Trinajstić information content (AvgIpc) is 2.46. The summed E-state index contributed by atoms with van der Waals surface area (Å²) >= 11 is 0. The van der Waals surface area contributed by atoms with Crippen molar-refractivity contribution in [3.8, 4) is 11.3 Å². The molecule has 0 spiro atoms. The third-order valence-corrected chi connectivity index (χ3v) is 3.50. The predicted molar refractivity (Wildman–Crippen MR) is 70.1 cm³/mol.